The van der Waals surface area contributed by atoms with Gasteiger partial charge < -0.3 is 10.0 Å². The number of carbonyl (C=O) groups is 1. The Kier molecular flexibility index (Phi) is 5.81. The first kappa shape index (κ1) is 16.4. The van der Waals surface area contributed by atoms with E-state index in [-0.39, 0.29) is 6.04 Å². The van der Waals surface area contributed by atoms with Crippen LogP contribution >= 0.6 is 0 Å². The van der Waals surface area contributed by atoms with E-state index < -0.39 is 11.5 Å². The van der Waals surface area contributed by atoms with Crippen LogP contribution in [-0.4, -0.2) is 46.7 Å². The van der Waals surface area contributed by atoms with Crippen molar-refractivity contribution in [3.05, 3.63) is 0 Å². The van der Waals surface area contributed by atoms with Gasteiger partial charge in [0.1, 0.15) is 5.54 Å². The van der Waals surface area contributed by atoms with Crippen LogP contribution in [0.2, 0.25) is 0 Å². The summed E-state index contributed by atoms with van der Waals surface area (Å²) in [5.74, 6) is -0.732. The second kappa shape index (κ2) is 6.71. The van der Waals surface area contributed by atoms with Crippen LogP contribution in [0, 0.1) is 0 Å². The molecule has 112 valence electrons. The molecule has 2 atom stereocenters. The molecule has 0 amide bonds. The van der Waals surface area contributed by atoms with E-state index >= 15 is 0 Å². The summed E-state index contributed by atoms with van der Waals surface area (Å²) >= 11 is 0. The van der Waals surface area contributed by atoms with E-state index in [9.17, 15) is 9.90 Å². The highest BCUT2D eigenvalue weighted by Crippen LogP contribution is 2.26. The summed E-state index contributed by atoms with van der Waals surface area (Å²) in [6.07, 6.45) is 5.08. The number of rotatable bonds is 9. The molecule has 0 heterocycles. The Labute approximate surface area is 117 Å². The fourth-order valence-corrected chi connectivity index (χ4v) is 2.85. The fourth-order valence-electron chi connectivity index (χ4n) is 2.85. The molecule has 4 heteroatoms. The molecule has 1 rings (SSSR count). The maximum Gasteiger partial charge on any atom is 0.323 e. The number of hydrogen-bond donors (Lipinski definition) is 2. The smallest absolute Gasteiger partial charge is 0.323 e. The van der Waals surface area contributed by atoms with Crippen molar-refractivity contribution in [2.24, 2.45) is 0 Å². The molecule has 0 aromatic carbocycles. The van der Waals surface area contributed by atoms with Crippen molar-refractivity contribution in [3.63, 3.8) is 0 Å². The standard InChI is InChI=1S/C15H30N2O2/c1-6-13(7-2)17(5)11(3)10-15(4,14(18)19)16-12-8-9-12/h11-13,16H,6-10H2,1-5H3,(H,18,19). The van der Waals surface area contributed by atoms with Gasteiger partial charge in [0.25, 0.3) is 0 Å². The highest BCUT2D eigenvalue weighted by Gasteiger charge is 2.40. The maximum atomic E-state index is 11.6. The number of nitrogens with zero attached hydrogens (tertiary/aromatic N) is 1. The number of nitrogens with one attached hydrogen (secondary N) is 1. The predicted octanol–water partition coefficient (Wildman–Crippen LogP) is 2.48. The second-order valence-corrected chi connectivity index (χ2v) is 6.24. The van der Waals surface area contributed by atoms with Gasteiger partial charge in [0.2, 0.25) is 0 Å². The van der Waals surface area contributed by atoms with Crippen molar-refractivity contribution in [1.29, 1.82) is 0 Å². The first-order valence-electron chi connectivity index (χ1n) is 7.57. The summed E-state index contributed by atoms with van der Waals surface area (Å²) in [4.78, 5) is 13.9. The van der Waals surface area contributed by atoms with Crippen LogP contribution in [-0.2, 0) is 4.79 Å². The normalized spacial score (nSPS) is 20.6. The third-order valence-electron chi connectivity index (χ3n) is 4.49. The molecule has 2 N–H and O–H groups in total. The van der Waals surface area contributed by atoms with Crippen molar-refractivity contribution in [3.8, 4) is 0 Å². The molecule has 0 spiro atoms. The van der Waals surface area contributed by atoms with E-state index in [0.717, 1.165) is 25.7 Å². The molecule has 1 fully saturated rings. The topological polar surface area (TPSA) is 52.6 Å². The van der Waals surface area contributed by atoms with Crippen LogP contribution in [0.15, 0.2) is 0 Å². The SMILES string of the molecule is CCC(CC)N(C)C(C)CC(C)(NC1CC1)C(=O)O. The summed E-state index contributed by atoms with van der Waals surface area (Å²) in [6.45, 7) is 8.34. The van der Waals surface area contributed by atoms with Crippen molar-refractivity contribution in [2.75, 3.05) is 7.05 Å². The van der Waals surface area contributed by atoms with E-state index in [4.69, 9.17) is 0 Å². The second-order valence-electron chi connectivity index (χ2n) is 6.24. The van der Waals surface area contributed by atoms with Gasteiger partial charge in [-0.15, -0.1) is 0 Å². The Hall–Kier alpha value is -0.610. The van der Waals surface area contributed by atoms with Crippen LogP contribution in [0.4, 0.5) is 0 Å². The van der Waals surface area contributed by atoms with Crippen LogP contribution < -0.4 is 5.32 Å². The number of aliphatic carboxylic acids is 1. The van der Waals surface area contributed by atoms with E-state index in [0.29, 0.717) is 18.5 Å². The van der Waals surface area contributed by atoms with Gasteiger partial charge in [-0.25, -0.2) is 0 Å². The lowest BCUT2D eigenvalue weighted by atomic mass is 9.92. The fraction of sp³-hybridized carbons (Fsp3) is 0.933. The van der Waals surface area contributed by atoms with E-state index in [1.807, 2.05) is 6.92 Å². The molecule has 1 aliphatic rings. The number of carboxylic acids is 1. The number of hydrogen-bond acceptors (Lipinski definition) is 3. The minimum atomic E-state index is -0.805. The van der Waals surface area contributed by atoms with Gasteiger partial charge in [0.15, 0.2) is 0 Å². The summed E-state index contributed by atoms with van der Waals surface area (Å²) in [5, 5.41) is 12.8. The molecule has 2 unspecified atom stereocenters. The van der Waals surface area contributed by atoms with Gasteiger partial charge >= 0.3 is 5.97 Å². The van der Waals surface area contributed by atoms with E-state index in [1.165, 1.54) is 0 Å². The molecule has 0 saturated heterocycles. The summed E-state index contributed by atoms with van der Waals surface area (Å²) < 4.78 is 0. The van der Waals surface area contributed by atoms with Crippen molar-refractivity contribution in [2.45, 2.75) is 83.5 Å². The summed E-state index contributed by atoms with van der Waals surface area (Å²) in [7, 11) is 2.11. The highest BCUT2D eigenvalue weighted by atomic mass is 16.4. The Balaban J connectivity index is 2.64. The van der Waals surface area contributed by atoms with Crippen molar-refractivity contribution in [1.82, 2.24) is 10.2 Å². The zero-order valence-corrected chi connectivity index (χ0v) is 13.1. The zero-order valence-electron chi connectivity index (χ0n) is 13.1. The Morgan fingerprint density at radius 1 is 1.42 bits per heavy atom. The third-order valence-corrected chi connectivity index (χ3v) is 4.49. The molecule has 0 bridgehead atoms. The van der Waals surface area contributed by atoms with Crippen molar-refractivity contribution < 1.29 is 9.90 Å². The monoisotopic (exact) mass is 270 g/mol. The molecule has 4 nitrogen and oxygen atoms in total. The van der Waals surface area contributed by atoms with Crippen molar-refractivity contribution >= 4 is 5.97 Å². The van der Waals surface area contributed by atoms with Gasteiger partial charge in [-0.05, 0) is 53.0 Å². The summed E-state index contributed by atoms with van der Waals surface area (Å²) in [5.41, 5.74) is -0.805. The minimum absolute atomic E-state index is 0.261. The Morgan fingerprint density at radius 2 is 1.95 bits per heavy atom. The molecular weight excluding hydrogens is 240 g/mol. The summed E-state index contributed by atoms with van der Waals surface area (Å²) in [6, 6.07) is 1.21. The van der Waals surface area contributed by atoms with E-state index in [2.05, 4.69) is 38.0 Å². The molecule has 19 heavy (non-hydrogen) atoms. The van der Waals surface area contributed by atoms with Gasteiger partial charge in [0, 0.05) is 18.1 Å². The molecule has 1 saturated carbocycles. The average molecular weight is 270 g/mol. The largest absolute Gasteiger partial charge is 0.480 e. The molecule has 0 radical (unpaired) electrons. The van der Waals surface area contributed by atoms with Crippen LogP contribution in [0.1, 0.15) is 59.8 Å². The lowest BCUT2D eigenvalue weighted by molar-refractivity contribution is -0.145. The maximum absolute atomic E-state index is 11.6. The van der Waals surface area contributed by atoms with Gasteiger partial charge in [-0.3, -0.25) is 10.1 Å². The van der Waals surface area contributed by atoms with Crippen LogP contribution in [0.3, 0.4) is 0 Å². The molecule has 0 aromatic heterocycles. The highest BCUT2D eigenvalue weighted by molar-refractivity contribution is 5.78. The number of carboxylic acid groups (broad SMARTS) is 1. The first-order chi connectivity index (χ1) is 8.84. The lowest BCUT2D eigenvalue weighted by Gasteiger charge is -2.37. The lowest BCUT2D eigenvalue weighted by Crippen LogP contribution is -2.54. The van der Waals surface area contributed by atoms with Gasteiger partial charge in [0.05, 0.1) is 0 Å². The Morgan fingerprint density at radius 3 is 2.32 bits per heavy atom. The molecule has 0 aromatic rings. The first-order valence-corrected chi connectivity index (χ1v) is 7.57. The zero-order chi connectivity index (χ0) is 14.6. The third kappa shape index (κ3) is 4.46. The van der Waals surface area contributed by atoms with Gasteiger partial charge in [-0.1, -0.05) is 13.8 Å². The molecule has 0 aliphatic heterocycles. The van der Waals surface area contributed by atoms with E-state index in [1.54, 1.807) is 0 Å². The van der Waals surface area contributed by atoms with Crippen LogP contribution in [0.5, 0.6) is 0 Å². The minimum Gasteiger partial charge on any atom is -0.480 e. The molecular formula is C15H30N2O2. The predicted molar refractivity (Wildman–Crippen MR) is 78.4 cm³/mol. The Bertz CT molecular complexity index is 301. The average Bonchev–Trinajstić information content (AvgIpc) is 3.13. The van der Waals surface area contributed by atoms with Gasteiger partial charge in [-0.2, -0.15) is 0 Å². The molecule has 1 aliphatic carbocycles. The quantitative estimate of drug-likeness (QED) is 0.676. The van der Waals surface area contributed by atoms with Crippen LogP contribution in [0.25, 0.3) is 0 Å².